The van der Waals surface area contributed by atoms with Crippen LogP contribution in [-0.2, 0) is 26.1 Å². The topological polar surface area (TPSA) is 63.7 Å². The minimum atomic E-state index is -3.44. The number of ether oxygens (including phenoxy) is 1. The molecule has 5 nitrogen and oxygen atoms in total. The van der Waals surface area contributed by atoms with Crippen LogP contribution in [0.25, 0.3) is 0 Å². The van der Waals surface area contributed by atoms with Crippen molar-refractivity contribution in [3.8, 4) is 0 Å². The highest BCUT2D eigenvalue weighted by Crippen LogP contribution is 2.44. The van der Waals surface area contributed by atoms with Gasteiger partial charge >= 0.3 is 5.97 Å². The van der Waals surface area contributed by atoms with Crippen molar-refractivity contribution < 1.29 is 17.9 Å². The average molecular weight is 392 g/mol. The Morgan fingerprint density at radius 2 is 1.69 bits per heavy atom. The molecule has 0 amide bonds. The largest absolute Gasteiger partial charge is 0.450 e. The summed E-state index contributed by atoms with van der Waals surface area (Å²) in [7, 11) is -3.44. The highest BCUT2D eigenvalue weighted by atomic mass is 35.5. The second-order valence-electron chi connectivity index (χ2n) is 6.71. The number of carbonyl (C=O) groups is 1. The molecule has 2 heterocycles. The van der Waals surface area contributed by atoms with Crippen molar-refractivity contribution in [1.29, 1.82) is 0 Å². The second kappa shape index (κ2) is 6.37. The summed E-state index contributed by atoms with van der Waals surface area (Å²) in [5.41, 5.74) is 1.47. The predicted octanol–water partition coefficient (Wildman–Crippen LogP) is 3.33. The number of nitrogens with zero attached hydrogens (tertiary/aromatic N) is 1. The van der Waals surface area contributed by atoms with Gasteiger partial charge in [-0.05, 0) is 23.8 Å². The van der Waals surface area contributed by atoms with Gasteiger partial charge in [0.25, 0.3) is 0 Å². The lowest BCUT2D eigenvalue weighted by molar-refractivity contribution is -0.0329. The number of benzene rings is 2. The number of fused-ring (bicyclic) bond motifs is 2. The first-order chi connectivity index (χ1) is 12.4. The van der Waals surface area contributed by atoms with Crippen molar-refractivity contribution in [3.63, 3.8) is 0 Å². The molecule has 0 atom stereocenters. The first-order valence-electron chi connectivity index (χ1n) is 8.45. The van der Waals surface area contributed by atoms with Gasteiger partial charge in [0, 0.05) is 36.5 Å². The van der Waals surface area contributed by atoms with Crippen LogP contribution in [0.3, 0.4) is 0 Å². The molecule has 0 aliphatic carbocycles. The summed E-state index contributed by atoms with van der Waals surface area (Å²) in [6, 6.07) is 14.2. The Labute approximate surface area is 157 Å². The van der Waals surface area contributed by atoms with E-state index in [2.05, 4.69) is 0 Å². The van der Waals surface area contributed by atoms with Crippen molar-refractivity contribution in [2.45, 2.75) is 24.2 Å². The van der Waals surface area contributed by atoms with Gasteiger partial charge in [0.05, 0.1) is 11.3 Å². The lowest BCUT2D eigenvalue weighted by Gasteiger charge is -2.37. The Kier molecular flexibility index (Phi) is 4.29. The molecular weight excluding hydrogens is 374 g/mol. The van der Waals surface area contributed by atoms with E-state index >= 15 is 0 Å². The van der Waals surface area contributed by atoms with E-state index in [0.29, 0.717) is 42.1 Å². The highest BCUT2D eigenvalue weighted by molar-refractivity contribution is 7.88. The zero-order valence-electron chi connectivity index (χ0n) is 14.0. The molecule has 2 aliphatic heterocycles. The molecular formula is C19H18ClNO4S. The standard InChI is InChI=1S/C19H18ClNO4S/c20-15-7-5-14(6-8-15)13-26(23,24)21-11-9-19(10-12-21)17-4-2-1-3-16(17)18(22)25-19/h1-8H,9-13H2. The van der Waals surface area contributed by atoms with E-state index in [0.717, 1.165) is 5.56 Å². The summed E-state index contributed by atoms with van der Waals surface area (Å²) < 4.78 is 32.6. The molecule has 0 aromatic heterocycles. The van der Waals surface area contributed by atoms with Gasteiger partial charge in [0.1, 0.15) is 5.60 Å². The van der Waals surface area contributed by atoms with Gasteiger partial charge in [0.2, 0.25) is 10.0 Å². The van der Waals surface area contributed by atoms with Gasteiger partial charge in [-0.15, -0.1) is 0 Å². The van der Waals surface area contributed by atoms with Gasteiger partial charge in [-0.1, -0.05) is 41.9 Å². The van der Waals surface area contributed by atoms with Crippen molar-refractivity contribution in [1.82, 2.24) is 4.31 Å². The maximum Gasteiger partial charge on any atom is 0.339 e. The first-order valence-corrected chi connectivity index (χ1v) is 10.4. The summed E-state index contributed by atoms with van der Waals surface area (Å²) in [6.45, 7) is 0.662. The van der Waals surface area contributed by atoms with Crippen LogP contribution in [0.15, 0.2) is 48.5 Å². The second-order valence-corrected chi connectivity index (χ2v) is 9.12. The zero-order valence-corrected chi connectivity index (χ0v) is 15.6. The summed E-state index contributed by atoms with van der Waals surface area (Å²) in [6.07, 6.45) is 0.936. The van der Waals surface area contributed by atoms with E-state index < -0.39 is 15.6 Å². The highest BCUT2D eigenvalue weighted by Gasteiger charge is 2.48. The number of esters is 1. The van der Waals surface area contributed by atoms with E-state index in [9.17, 15) is 13.2 Å². The maximum atomic E-state index is 12.7. The summed E-state index contributed by atoms with van der Waals surface area (Å²) >= 11 is 5.85. The van der Waals surface area contributed by atoms with E-state index in [1.54, 1.807) is 30.3 Å². The van der Waals surface area contributed by atoms with Crippen LogP contribution in [-0.4, -0.2) is 31.8 Å². The Morgan fingerprint density at radius 1 is 1.04 bits per heavy atom. The third kappa shape index (κ3) is 3.02. The van der Waals surface area contributed by atoms with Gasteiger partial charge in [-0.3, -0.25) is 0 Å². The minimum Gasteiger partial charge on any atom is -0.450 e. The lowest BCUT2D eigenvalue weighted by atomic mass is 9.84. The lowest BCUT2D eigenvalue weighted by Crippen LogP contribution is -2.45. The SMILES string of the molecule is O=C1OC2(CCN(S(=O)(=O)Cc3ccc(Cl)cc3)CC2)c2ccccc21. The fraction of sp³-hybridized carbons (Fsp3) is 0.316. The van der Waals surface area contributed by atoms with E-state index in [1.165, 1.54) is 4.31 Å². The number of rotatable bonds is 3. The normalized spacial score (nSPS) is 19.3. The van der Waals surface area contributed by atoms with Crippen LogP contribution in [0, 0.1) is 0 Å². The molecule has 0 saturated carbocycles. The van der Waals surface area contributed by atoms with Crippen molar-refractivity contribution in [2.24, 2.45) is 0 Å². The number of hydrogen-bond acceptors (Lipinski definition) is 4. The summed E-state index contributed by atoms with van der Waals surface area (Å²) in [4.78, 5) is 12.1. The Bertz CT molecular complexity index is 948. The fourth-order valence-electron chi connectivity index (χ4n) is 3.73. The summed E-state index contributed by atoms with van der Waals surface area (Å²) in [5, 5.41) is 0.577. The van der Waals surface area contributed by atoms with Crippen molar-refractivity contribution >= 4 is 27.6 Å². The summed E-state index contributed by atoms with van der Waals surface area (Å²) in [5.74, 6) is -0.383. The Hall–Kier alpha value is -1.89. The monoisotopic (exact) mass is 391 g/mol. The van der Waals surface area contributed by atoms with Crippen LogP contribution in [0.5, 0.6) is 0 Å². The van der Waals surface area contributed by atoms with Crippen LogP contribution in [0.1, 0.15) is 34.3 Å². The molecule has 1 spiro atoms. The smallest absolute Gasteiger partial charge is 0.339 e. The molecule has 4 rings (SSSR count). The quantitative estimate of drug-likeness (QED) is 0.753. The molecule has 7 heteroatoms. The molecule has 0 bridgehead atoms. The molecule has 2 aromatic carbocycles. The Balaban J connectivity index is 1.50. The molecule has 1 saturated heterocycles. The van der Waals surface area contributed by atoms with Crippen LogP contribution in [0.2, 0.25) is 5.02 Å². The predicted molar refractivity (Wildman–Crippen MR) is 98.4 cm³/mol. The molecule has 1 fully saturated rings. The zero-order chi connectivity index (χ0) is 18.4. The maximum absolute atomic E-state index is 12.7. The van der Waals surface area contributed by atoms with Crippen LogP contribution < -0.4 is 0 Å². The molecule has 0 N–H and O–H groups in total. The van der Waals surface area contributed by atoms with E-state index in [4.69, 9.17) is 16.3 Å². The number of hydrogen-bond donors (Lipinski definition) is 0. The minimum absolute atomic E-state index is 0.0620. The number of halogens is 1. The number of carbonyl (C=O) groups excluding carboxylic acids is 1. The molecule has 26 heavy (non-hydrogen) atoms. The van der Waals surface area contributed by atoms with Gasteiger partial charge in [0.15, 0.2) is 0 Å². The van der Waals surface area contributed by atoms with Gasteiger partial charge in [-0.2, -0.15) is 0 Å². The molecule has 0 radical (unpaired) electrons. The molecule has 2 aliphatic rings. The first kappa shape index (κ1) is 17.5. The molecule has 136 valence electrons. The number of sulfonamides is 1. The third-order valence-electron chi connectivity index (χ3n) is 5.11. The fourth-order valence-corrected chi connectivity index (χ4v) is 5.39. The van der Waals surface area contributed by atoms with E-state index in [1.807, 2.05) is 18.2 Å². The molecule has 0 unspecified atom stereocenters. The Morgan fingerprint density at radius 3 is 2.38 bits per heavy atom. The molecule has 2 aromatic rings. The van der Waals surface area contributed by atoms with Gasteiger partial charge < -0.3 is 4.74 Å². The van der Waals surface area contributed by atoms with Crippen LogP contribution in [0.4, 0.5) is 0 Å². The van der Waals surface area contributed by atoms with Gasteiger partial charge in [-0.25, -0.2) is 17.5 Å². The van der Waals surface area contributed by atoms with Crippen molar-refractivity contribution in [2.75, 3.05) is 13.1 Å². The average Bonchev–Trinajstić information content (AvgIpc) is 2.90. The van der Waals surface area contributed by atoms with Crippen LogP contribution >= 0.6 is 11.6 Å². The van der Waals surface area contributed by atoms with Crippen molar-refractivity contribution in [3.05, 3.63) is 70.2 Å². The number of piperidine rings is 1. The van der Waals surface area contributed by atoms with E-state index in [-0.39, 0.29) is 11.7 Å². The third-order valence-corrected chi connectivity index (χ3v) is 7.21.